The highest BCUT2D eigenvalue weighted by Gasteiger charge is 2.26. The summed E-state index contributed by atoms with van der Waals surface area (Å²) in [6.45, 7) is 2.06. The fourth-order valence-corrected chi connectivity index (χ4v) is 2.64. The number of halogens is 1. The highest BCUT2D eigenvalue weighted by molar-refractivity contribution is 9.10. The van der Waals surface area contributed by atoms with Crippen LogP contribution in [0.25, 0.3) is 0 Å². The van der Waals surface area contributed by atoms with Crippen molar-refractivity contribution in [2.75, 3.05) is 33.3 Å². The summed E-state index contributed by atoms with van der Waals surface area (Å²) in [6.07, 6.45) is 1.51. The minimum Gasteiger partial charge on any atom is -0.453 e. The van der Waals surface area contributed by atoms with E-state index in [1.54, 1.807) is 20.4 Å². The maximum atomic E-state index is 12.3. The molecule has 1 fully saturated rings. The zero-order valence-electron chi connectivity index (χ0n) is 10.9. The first-order valence-electron chi connectivity index (χ1n) is 5.97. The minimum atomic E-state index is -0.339. The van der Waals surface area contributed by atoms with Crippen molar-refractivity contribution in [2.45, 2.75) is 0 Å². The molecule has 104 valence electrons. The van der Waals surface area contributed by atoms with Crippen molar-refractivity contribution in [2.24, 2.45) is 7.05 Å². The molecule has 0 unspecified atom stereocenters. The van der Waals surface area contributed by atoms with E-state index in [0.29, 0.717) is 31.9 Å². The van der Waals surface area contributed by atoms with Gasteiger partial charge >= 0.3 is 6.09 Å². The quantitative estimate of drug-likeness (QED) is 0.780. The van der Waals surface area contributed by atoms with Gasteiger partial charge in [-0.3, -0.25) is 4.79 Å². The highest BCUT2D eigenvalue weighted by atomic mass is 79.9. The van der Waals surface area contributed by atoms with Crippen molar-refractivity contribution in [1.29, 1.82) is 0 Å². The van der Waals surface area contributed by atoms with E-state index in [1.165, 1.54) is 7.11 Å². The summed E-state index contributed by atoms with van der Waals surface area (Å²) in [5, 5.41) is 0. The van der Waals surface area contributed by atoms with Crippen LogP contribution in [0.5, 0.6) is 0 Å². The van der Waals surface area contributed by atoms with Gasteiger partial charge in [0.2, 0.25) is 0 Å². The number of rotatable bonds is 1. The number of amides is 2. The number of aryl methyl sites for hydroxylation is 1. The fraction of sp³-hybridized carbons (Fsp3) is 0.500. The van der Waals surface area contributed by atoms with Gasteiger partial charge < -0.3 is 19.1 Å². The summed E-state index contributed by atoms with van der Waals surface area (Å²) < 4.78 is 7.34. The summed E-state index contributed by atoms with van der Waals surface area (Å²) in [7, 11) is 3.20. The van der Waals surface area contributed by atoms with Crippen LogP contribution < -0.4 is 0 Å². The van der Waals surface area contributed by atoms with Crippen LogP contribution in [-0.4, -0.2) is 59.7 Å². The average Bonchev–Trinajstić information content (AvgIpc) is 2.76. The number of nitrogens with zero attached hydrogens (tertiary/aromatic N) is 3. The molecule has 2 heterocycles. The lowest BCUT2D eigenvalue weighted by Crippen LogP contribution is -2.50. The molecule has 1 aromatic rings. The maximum Gasteiger partial charge on any atom is 0.409 e. The van der Waals surface area contributed by atoms with Crippen LogP contribution >= 0.6 is 15.9 Å². The maximum absolute atomic E-state index is 12.3. The Morgan fingerprint density at radius 2 is 1.79 bits per heavy atom. The Kier molecular flexibility index (Phi) is 4.14. The molecule has 2 amide bonds. The Morgan fingerprint density at radius 3 is 2.26 bits per heavy atom. The summed E-state index contributed by atoms with van der Waals surface area (Å²) in [6, 6.07) is 1.80. The normalized spacial score (nSPS) is 15.5. The molecule has 1 aliphatic heterocycles. The molecule has 0 saturated carbocycles. The second kappa shape index (κ2) is 5.64. The molecule has 0 bridgehead atoms. The first-order valence-corrected chi connectivity index (χ1v) is 6.76. The molecular formula is C12H16BrN3O3. The molecule has 1 aromatic heterocycles. The Balaban J connectivity index is 2.00. The van der Waals surface area contributed by atoms with Gasteiger partial charge in [-0.05, 0) is 22.0 Å². The van der Waals surface area contributed by atoms with E-state index in [9.17, 15) is 9.59 Å². The second-order valence-corrected chi connectivity index (χ2v) is 5.32. The predicted molar refractivity (Wildman–Crippen MR) is 73.0 cm³/mol. The zero-order valence-corrected chi connectivity index (χ0v) is 12.5. The van der Waals surface area contributed by atoms with Gasteiger partial charge in [-0.25, -0.2) is 4.79 Å². The van der Waals surface area contributed by atoms with Gasteiger partial charge in [0.25, 0.3) is 5.91 Å². The van der Waals surface area contributed by atoms with Gasteiger partial charge in [-0.15, -0.1) is 0 Å². The van der Waals surface area contributed by atoms with E-state index in [1.807, 2.05) is 13.2 Å². The van der Waals surface area contributed by atoms with E-state index < -0.39 is 0 Å². The lowest BCUT2D eigenvalue weighted by molar-refractivity contribution is 0.0591. The standard InChI is InChI=1S/C12H16BrN3O3/c1-14-8-9(13)7-10(14)11(17)15-3-5-16(6-4-15)12(18)19-2/h7-8H,3-6H2,1-2H3. The molecule has 1 aliphatic rings. The number of carbonyl (C=O) groups excluding carboxylic acids is 2. The molecule has 7 heteroatoms. The van der Waals surface area contributed by atoms with E-state index in [0.717, 1.165) is 4.47 Å². The first-order chi connectivity index (χ1) is 9.02. The van der Waals surface area contributed by atoms with Gasteiger partial charge in [0, 0.05) is 43.9 Å². The molecule has 19 heavy (non-hydrogen) atoms. The van der Waals surface area contributed by atoms with Crippen molar-refractivity contribution >= 4 is 27.9 Å². The van der Waals surface area contributed by atoms with Crippen LogP contribution in [0.2, 0.25) is 0 Å². The number of ether oxygens (including phenoxy) is 1. The second-order valence-electron chi connectivity index (χ2n) is 4.40. The Hall–Kier alpha value is -1.50. The summed E-state index contributed by atoms with van der Waals surface area (Å²) in [4.78, 5) is 27.0. The van der Waals surface area contributed by atoms with Crippen molar-refractivity contribution in [3.05, 3.63) is 22.4 Å². The van der Waals surface area contributed by atoms with Crippen LogP contribution in [-0.2, 0) is 11.8 Å². The van der Waals surface area contributed by atoms with Crippen molar-refractivity contribution in [3.8, 4) is 0 Å². The van der Waals surface area contributed by atoms with Gasteiger partial charge in [0.15, 0.2) is 0 Å². The average molecular weight is 330 g/mol. The molecule has 0 aliphatic carbocycles. The molecule has 0 aromatic carbocycles. The monoisotopic (exact) mass is 329 g/mol. The van der Waals surface area contributed by atoms with Crippen LogP contribution in [0.4, 0.5) is 4.79 Å². The number of hydrogen-bond acceptors (Lipinski definition) is 3. The summed E-state index contributed by atoms with van der Waals surface area (Å²) in [5.41, 5.74) is 0.637. The molecule has 0 atom stereocenters. The lowest BCUT2D eigenvalue weighted by Gasteiger charge is -2.33. The largest absolute Gasteiger partial charge is 0.453 e. The molecular weight excluding hydrogens is 314 g/mol. The van der Waals surface area contributed by atoms with E-state index >= 15 is 0 Å². The SMILES string of the molecule is COC(=O)N1CCN(C(=O)c2cc(Br)cn2C)CC1. The van der Waals surface area contributed by atoms with Gasteiger partial charge in [-0.2, -0.15) is 0 Å². The van der Waals surface area contributed by atoms with Crippen LogP contribution in [0.15, 0.2) is 16.7 Å². The highest BCUT2D eigenvalue weighted by Crippen LogP contribution is 2.16. The lowest BCUT2D eigenvalue weighted by atomic mass is 10.3. The van der Waals surface area contributed by atoms with E-state index in [4.69, 9.17) is 0 Å². The van der Waals surface area contributed by atoms with Crippen LogP contribution in [0.1, 0.15) is 10.5 Å². The van der Waals surface area contributed by atoms with Crippen molar-refractivity contribution < 1.29 is 14.3 Å². The van der Waals surface area contributed by atoms with Gasteiger partial charge in [0.1, 0.15) is 5.69 Å². The van der Waals surface area contributed by atoms with Gasteiger partial charge in [0.05, 0.1) is 7.11 Å². The third kappa shape index (κ3) is 2.91. The molecule has 2 rings (SSSR count). The molecule has 0 spiro atoms. The first kappa shape index (κ1) is 13.9. The number of methoxy groups -OCH3 is 1. The summed E-state index contributed by atoms with van der Waals surface area (Å²) >= 11 is 3.35. The molecule has 1 saturated heterocycles. The van der Waals surface area contributed by atoms with Crippen molar-refractivity contribution in [1.82, 2.24) is 14.4 Å². The third-order valence-electron chi connectivity index (χ3n) is 3.19. The molecule has 0 radical (unpaired) electrons. The van der Waals surface area contributed by atoms with Crippen LogP contribution in [0, 0.1) is 0 Å². The predicted octanol–water partition coefficient (Wildman–Crippen LogP) is 1.31. The number of carbonyl (C=O) groups is 2. The Labute approximate surface area is 120 Å². The van der Waals surface area contributed by atoms with E-state index in [-0.39, 0.29) is 12.0 Å². The number of piperazine rings is 1. The van der Waals surface area contributed by atoms with E-state index in [2.05, 4.69) is 20.7 Å². The molecule has 0 N–H and O–H groups in total. The minimum absolute atomic E-state index is 0.0160. The number of aromatic nitrogens is 1. The fourth-order valence-electron chi connectivity index (χ4n) is 2.12. The summed E-state index contributed by atoms with van der Waals surface area (Å²) in [5.74, 6) is -0.0160. The smallest absolute Gasteiger partial charge is 0.409 e. The Bertz CT molecular complexity index is 492. The van der Waals surface area contributed by atoms with Crippen LogP contribution in [0.3, 0.4) is 0 Å². The Morgan fingerprint density at radius 1 is 1.21 bits per heavy atom. The molecule has 6 nitrogen and oxygen atoms in total. The number of hydrogen-bond donors (Lipinski definition) is 0. The topological polar surface area (TPSA) is 54.8 Å². The third-order valence-corrected chi connectivity index (χ3v) is 3.62. The van der Waals surface area contributed by atoms with Crippen molar-refractivity contribution in [3.63, 3.8) is 0 Å². The van der Waals surface area contributed by atoms with Gasteiger partial charge in [-0.1, -0.05) is 0 Å². The zero-order chi connectivity index (χ0) is 14.0.